The van der Waals surface area contributed by atoms with E-state index >= 15 is 0 Å². The van der Waals surface area contributed by atoms with Gasteiger partial charge in [-0.25, -0.2) is 4.99 Å². The monoisotopic (exact) mass is 533 g/mol. The molecular formula is C21H32IN3O3S. The number of hydrogen-bond acceptors (Lipinski definition) is 5. The van der Waals surface area contributed by atoms with Crippen molar-refractivity contribution in [3.63, 3.8) is 0 Å². The molecule has 1 aromatic heterocycles. The van der Waals surface area contributed by atoms with Gasteiger partial charge in [0, 0.05) is 13.1 Å². The number of hydrogen-bond donors (Lipinski definition) is 3. The van der Waals surface area contributed by atoms with Crippen LogP contribution in [0.2, 0.25) is 0 Å². The number of nitrogens with zero attached hydrogens (tertiary/aromatic N) is 1. The molecule has 0 aliphatic heterocycles. The lowest BCUT2D eigenvalue weighted by Gasteiger charge is -2.21. The summed E-state index contributed by atoms with van der Waals surface area (Å²) in [5.74, 6) is 2.20. The van der Waals surface area contributed by atoms with Gasteiger partial charge in [0.15, 0.2) is 17.5 Å². The molecule has 2 rings (SSSR count). The maximum atomic E-state index is 10.6. The van der Waals surface area contributed by atoms with Gasteiger partial charge in [-0.3, -0.25) is 0 Å². The molecule has 6 nitrogen and oxygen atoms in total. The summed E-state index contributed by atoms with van der Waals surface area (Å²) >= 11 is 1.57. The fraction of sp³-hybridized carbons (Fsp3) is 0.476. The highest BCUT2D eigenvalue weighted by atomic mass is 127. The van der Waals surface area contributed by atoms with Crippen molar-refractivity contribution in [1.82, 2.24) is 10.6 Å². The van der Waals surface area contributed by atoms with E-state index in [9.17, 15) is 5.11 Å². The van der Waals surface area contributed by atoms with E-state index in [2.05, 4.69) is 21.7 Å². The van der Waals surface area contributed by atoms with E-state index in [1.807, 2.05) is 35.9 Å². The predicted molar refractivity (Wildman–Crippen MR) is 131 cm³/mol. The van der Waals surface area contributed by atoms with Gasteiger partial charge >= 0.3 is 0 Å². The Bertz CT molecular complexity index is 752. The van der Waals surface area contributed by atoms with E-state index in [4.69, 9.17) is 9.47 Å². The van der Waals surface area contributed by atoms with Crippen molar-refractivity contribution < 1.29 is 14.6 Å². The third-order valence-electron chi connectivity index (χ3n) is 4.41. The van der Waals surface area contributed by atoms with E-state index in [-0.39, 0.29) is 24.0 Å². The molecule has 0 bridgehead atoms. The number of aliphatic hydroxyl groups is 1. The van der Waals surface area contributed by atoms with Crippen molar-refractivity contribution in [2.45, 2.75) is 32.3 Å². The molecule has 29 heavy (non-hydrogen) atoms. The zero-order chi connectivity index (χ0) is 20.4. The zero-order valence-corrected chi connectivity index (χ0v) is 20.7. The lowest BCUT2D eigenvalue weighted by atomic mass is 10.00. The van der Waals surface area contributed by atoms with Gasteiger partial charge in [-0.15, -0.1) is 24.0 Å². The number of nitrogens with one attached hydrogen (secondary N) is 2. The molecule has 162 valence electrons. The normalized spacial score (nSPS) is 13.2. The fourth-order valence-corrected chi connectivity index (χ4v) is 3.56. The Labute approximate surface area is 194 Å². The average Bonchev–Trinajstić information content (AvgIpc) is 3.25. The lowest BCUT2D eigenvalue weighted by Crippen LogP contribution is -2.39. The summed E-state index contributed by atoms with van der Waals surface area (Å²) in [5, 5.41) is 21.1. The molecular weight excluding hydrogens is 501 g/mol. The van der Waals surface area contributed by atoms with Crippen LogP contribution >= 0.6 is 35.3 Å². The highest BCUT2D eigenvalue weighted by Gasteiger charge is 2.23. The van der Waals surface area contributed by atoms with E-state index in [0.717, 1.165) is 43.0 Å². The number of rotatable bonds is 10. The van der Waals surface area contributed by atoms with E-state index < -0.39 is 5.60 Å². The molecule has 0 spiro atoms. The number of guanidine groups is 1. The fourth-order valence-electron chi connectivity index (χ4n) is 2.77. The van der Waals surface area contributed by atoms with Crippen molar-refractivity contribution in [1.29, 1.82) is 0 Å². The van der Waals surface area contributed by atoms with Crippen molar-refractivity contribution in [3.05, 3.63) is 46.2 Å². The Morgan fingerprint density at radius 3 is 2.55 bits per heavy atom. The van der Waals surface area contributed by atoms with Crippen LogP contribution in [-0.4, -0.2) is 44.9 Å². The van der Waals surface area contributed by atoms with Gasteiger partial charge in [0.25, 0.3) is 0 Å². The van der Waals surface area contributed by atoms with Crippen LogP contribution in [-0.2, 0) is 12.0 Å². The van der Waals surface area contributed by atoms with Gasteiger partial charge < -0.3 is 25.2 Å². The second-order valence-corrected chi connectivity index (χ2v) is 7.48. The van der Waals surface area contributed by atoms with Crippen LogP contribution in [0.4, 0.5) is 0 Å². The Kier molecular flexibility index (Phi) is 11.4. The van der Waals surface area contributed by atoms with Gasteiger partial charge in [0.1, 0.15) is 5.60 Å². The number of aliphatic imine (C=N–C) groups is 1. The van der Waals surface area contributed by atoms with Crippen LogP contribution in [0.3, 0.4) is 0 Å². The number of benzene rings is 1. The van der Waals surface area contributed by atoms with Crippen LogP contribution in [0.15, 0.2) is 40.0 Å². The minimum Gasteiger partial charge on any atom is -0.493 e. The Morgan fingerprint density at radius 2 is 1.93 bits per heavy atom. The molecule has 1 atom stereocenters. The third kappa shape index (κ3) is 8.02. The summed E-state index contributed by atoms with van der Waals surface area (Å²) in [6.07, 6.45) is 1.86. The Morgan fingerprint density at radius 1 is 1.17 bits per heavy atom. The van der Waals surface area contributed by atoms with E-state index in [1.54, 1.807) is 32.5 Å². The zero-order valence-electron chi connectivity index (χ0n) is 17.5. The van der Waals surface area contributed by atoms with Gasteiger partial charge in [0.05, 0.1) is 20.8 Å². The summed E-state index contributed by atoms with van der Waals surface area (Å²) in [6, 6.07) is 7.93. The number of halogens is 1. The molecule has 1 unspecified atom stereocenters. The van der Waals surface area contributed by atoms with E-state index in [0.29, 0.717) is 12.5 Å². The molecule has 3 N–H and O–H groups in total. The molecule has 0 fully saturated rings. The molecule has 0 aliphatic carbocycles. The largest absolute Gasteiger partial charge is 0.493 e. The maximum absolute atomic E-state index is 10.6. The van der Waals surface area contributed by atoms with Gasteiger partial charge in [-0.2, -0.15) is 11.3 Å². The first-order chi connectivity index (χ1) is 13.5. The standard InChI is InChI=1S/C21H31N3O3S.HI/c1-5-22-20(24-15-21(2,25)17-10-12-28-14-17)23-11-6-7-16-8-9-18(26-3)19(13-16)27-4;/h8-10,12-14,25H,5-7,11,15H2,1-4H3,(H2,22,23,24);1H. The third-order valence-corrected chi connectivity index (χ3v) is 5.10. The second-order valence-electron chi connectivity index (χ2n) is 6.70. The summed E-state index contributed by atoms with van der Waals surface area (Å²) in [6.45, 7) is 5.66. The number of aryl methyl sites for hydroxylation is 1. The molecule has 8 heteroatoms. The first kappa shape index (κ1) is 25.5. The quantitative estimate of drug-likeness (QED) is 0.188. The number of ether oxygens (including phenoxy) is 2. The Balaban J connectivity index is 0.00000420. The summed E-state index contributed by atoms with van der Waals surface area (Å²) in [7, 11) is 3.28. The van der Waals surface area contributed by atoms with Crippen molar-refractivity contribution >= 4 is 41.3 Å². The van der Waals surface area contributed by atoms with Gasteiger partial charge in [0.2, 0.25) is 0 Å². The summed E-state index contributed by atoms with van der Waals surface area (Å²) < 4.78 is 10.6. The molecule has 1 heterocycles. The van der Waals surface area contributed by atoms with Crippen LogP contribution in [0.25, 0.3) is 0 Å². The highest BCUT2D eigenvalue weighted by molar-refractivity contribution is 14.0. The first-order valence-electron chi connectivity index (χ1n) is 9.48. The number of thiophene rings is 1. The minimum atomic E-state index is -0.970. The van der Waals surface area contributed by atoms with Crippen molar-refractivity contribution in [3.8, 4) is 11.5 Å². The average molecular weight is 533 g/mol. The predicted octanol–water partition coefficient (Wildman–Crippen LogP) is 3.78. The maximum Gasteiger partial charge on any atom is 0.191 e. The van der Waals surface area contributed by atoms with Crippen LogP contribution < -0.4 is 20.1 Å². The smallest absolute Gasteiger partial charge is 0.191 e. The van der Waals surface area contributed by atoms with Crippen molar-refractivity contribution in [2.75, 3.05) is 33.9 Å². The molecule has 0 radical (unpaired) electrons. The molecule has 1 aromatic carbocycles. The molecule has 2 aromatic rings. The minimum absolute atomic E-state index is 0. The van der Waals surface area contributed by atoms with E-state index in [1.165, 1.54) is 5.56 Å². The number of methoxy groups -OCH3 is 2. The van der Waals surface area contributed by atoms with Gasteiger partial charge in [-0.1, -0.05) is 6.07 Å². The molecule has 0 amide bonds. The van der Waals surface area contributed by atoms with Crippen LogP contribution in [0.1, 0.15) is 31.4 Å². The van der Waals surface area contributed by atoms with Crippen molar-refractivity contribution in [2.24, 2.45) is 4.99 Å². The lowest BCUT2D eigenvalue weighted by molar-refractivity contribution is 0.0677. The SMILES string of the molecule is CCNC(=NCC(C)(O)c1ccsc1)NCCCc1ccc(OC)c(OC)c1.I. The Hall–Kier alpha value is -1.52. The van der Waals surface area contributed by atoms with Crippen LogP contribution in [0.5, 0.6) is 11.5 Å². The van der Waals surface area contributed by atoms with Crippen LogP contribution in [0, 0.1) is 0 Å². The highest BCUT2D eigenvalue weighted by Crippen LogP contribution is 2.28. The molecule has 0 aliphatic rings. The second kappa shape index (κ2) is 12.9. The molecule has 0 saturated carbocycles. The van der Waals surface area contributed by atoms with Gasteiger partial charge in [-0.05, 0) is 66.8 Å². The summed E-state index contributed by atoms with van der Waals surface area (Å²) in [5.41, 5.74) is 1.12. The first-order valence-corrected chi connectivity index (χ1v) is 10.4. The topological polar surface area (TPSA) is 75.1 Å². The summed E-state index contributed by atoms with van der Waals surface area (Å²) in [4.78, 5) is 4.55. The molecule has 0 saturated heterocycles.